The van der Waals surface area contributed by atoms with Crippen LogP contribution in [0.25, 0.3) is 0 Å². The number of hydrogen-bond donors (Lipinski definition) is 1. The highest BCUT2D eigenvalue weighted by Gasteiger charge is 2.61. The lowest BCUT2D eigenvalue weighted by molar-refractivity contribution is -0.165. The van der Waals surface area contributed by atoms with E-state index in [4.69, 9.17) is 4.74 Å². The molecule has 4 saturated carbocycles. The van der Waals surface area contributed by atoms with Crippen molar-refractivity contribution in [3.63, 3.8) is 0 Å². The second-order valence-corrected chi connectivity index (χ2v) is 11.0. The summed E-state index contributed by atoms with van der Waals surface area (Å²) in [5.74, 6) is 3.69. The minimum atomic E-state index is -0.608. The van der Waals surface area contributed by atoms with E-state index in [2.05, 4.69) is 13.8 Å². The highest BCUT2D eigenvalue weighted by atomic mass is 16.5. The number of carbonyl (C=O) groups is 1. The van der Waals surface area contributed by atoms with E-state index in [1.54, 1.807) is 0 Å². The van der Waals surface area contributed by atoms with Crippen molar-refractivity contribution in [2.45, 2.75) is 91.1 Å². The van der Waals surface area contributed by atoms with Crippen LogP contribution in [0.3, 0.4) is 0 Å². The second kappa shape index (κ2) is 6.83. The Balaban J connectivity index is 1.53. The fraction of sp³-hybridized carbons (Fsp3) is 0.958. The van der Waals surface area contributed by atoms with Crippen LogP contribution in [0.4, 0.5) is 0 Å². The molecule has 154 valence electrons. The van der Waals surface area contributed by atoms with Crippen LogP contribution in [0.1, 0.15) is 85.5 Å². The molecule has 0 amide bonds. The molecule has 27 heavy (non-hydrogen) atoms. The Bertz CT molecular complexity index is 588. The maximum atomic E-state index is 12.3. The third kappa shape index (κ3) is 3.03. The topological polar surface area (TPSA) is 46.5 Å². The van der Waals surface area contributed by atoms with Crippen molar-refractivity contribution in [2.75, 3.05) is 13.2 Å². The van der Waals surface area contributed by atoms with E-state index >= 15 is 0 Å². The van der Waals surface area contributed by atoms with Crippen molar-refractivity contribution in [3.05, 3.63) is 0 Å². The Morgan fingerprint density at radius 3 is 2.44 bits per heavy atom. The summed E-state index contributed by atoms with van der Waals surface area (Å²) in [5, 5.41) is 11.1. The van der Waals surface area contributed by atoms with Gasteiger partial charge >= 0.3 is 0 Å². The Morgan fingerprint density at radius 1 is 1.00 bits per heavy atom. The minimum Gasteiger partial charge on any atom is -0.387 e. The molecule has 0 aromatic carbocycles. The van der Waals surface area contributed by atoms with Crippen molar-refractivity contribution in [1.29, 1.82) is 0 Å². The number of aliphatic hydroxyl groups is 1. The maximum absolute atomic E-state index is 12.3. The molecule has 4 rings (SSSR count). The summed E-state index contributed by atoms with van der Waals surface area (Å²) < 4.78 is 5.62. The van der Waals surface area contributed by atoms with Gasteiger partial charge in [0.05, 0.1) is 12.2 Å². The summed E-state index contributed by atoms with van der Waals surface area (Å²) in [6, 6.07) is 0. The summed E-state index contributed by atoms with van der Waals surface area (Å²) in [4.78, 5) is 12.3. The van der Waals surface area contributed by atoms with Crippen LogP contribution in [-0.4, -0.2) is 29.7 Å². The van der Waals surface area contributed by atoms with Crippen LogP contribution in [0.2, 0.25) is 0 Å². The van der Waals surface area contributed by atoms with Crippen LogP contribution < -0.4 is 0 Å². The molecule has 0 aromatic heterocycles. The molecule has 0 saturated heterocycles. The van der Waals surface area contributed by atoms with E-state index in [1.165, 1.54) is 32.1 Å². The van der Waals surface area contributed by atoms with Crippen LogP contribution in [0, 0.1) is 40.4 Å². The van der Waals surface area contributed by atoms with Gasteiger partial charge in [0.2, 0.25) is 0 Å². The van der Waals surface area contributed by atoms with Crippen molar-refractivity contribution in [2.24, 2.45) is 40.4 Å². The molecule has 1 N–H and O–H groups in total. The van der Waals surface area contributed by atoms with Crippen LogP contribution in [0.15, 0.2) is 0 Å². The number of hydrogen-bond acceptors (Lipinski definition) is 3. The Kier molecular flexibility index (Phi) is 5.03. The van der Waals surface area contributed by atoms with E-state index < -0.39 is 5.60 Å². The zero-order valence-electron chi connectivity index (χ0n) is 17.9. The fourth-order valence-electron chi connectivity index (χ4n) is 8.41. The molecule has 0 aromatic rings. The van der Waals surface area contributed by atoms with Crippen LogP contribution in [0.5, 0.6) is 0 Å². The Labute approximate surface area is 165 Å². The molecule has 8 atom stereocenters. The van der Waals surface area contributed by atoms with Gasteiger partial charge in [-0.3, -0.25) is 4.79 Å². The first kappa shape index (κ1) is 19.9. The summed E-state index contributed by atoms with van der Waals surface area (Å²) >= 11 is 0. The van der Waals surface area contributed by atoms with Crippen LogP contribution in [-0.2, 0) is 9.53 Å². The van der Waals surface area contributed by atoms with Gasteiger partial charge in [-0.25, -0.2) is 0 Å². The van der Waals surface area contributed by atoms with E-state index in [1.807, 2.05) is 13.8 Å². The van der Waals surface area contributed by atoms with E-state index in [0.717, 1.165) is 43.4 Å². The monoisotopic (exact) mass is 376 g/mol. The molecule has 0 radical (unpaired) electrons. The normalized spacial score (nSPS) is 52.0. The standard InChI is InChI=1S/C24H40O3/c1-5-27-15-24(26)13-12-22(3)17(14-24)6-7-18-20-9-8-19(16(2)25)23(20,4)11-10-21(18)22/h17-21,26H,5-15H2,1-4H3/t17-,18?,19+,20?,21?,22-,23+,24+/m0/s1. The first-order chi connectivity index (χ1) is 12.7. The largest absolute Gasteiger partial charge is 0.387 e. The lowest BCUT2D eigenvalue weighted by Crippen LogP contribution is -2.56. The molecule has 0 heterocycles. The van der Waals surface area contributed by atoms with Gasteiger partial charge in [-0.1, -0.05) is 13.8 Å². The number of rotatable bonds is 4. The quantitative estimate of drug-likeness (QED) is 0.751. The van der Waals surface area contributed by atoms with Crippen LogP contribution >= 0.6 is 0 Å². The van der Waals surface area contributed by atoms with Gasteiger partial charge in [-0.15, -0.1) is 0 Å². The highest BCUT2D eigenvalue weighted by molar-refractivity contribution is 5.79. The predicted octanol–water partition coefficient (Wildman–Crippen LogP) is 5.00. The van der Waals surface area contributed by atoms with Gasteiger partial charge in [0.25, 0.3) is 0 Å². The number of carbonyl (C=O) groups excluding carboxylic acids is 1. The Morgan fingerprint density at radius 2 is 1.74 bits per heavy atom. The number of Topliss-reactive ketones (excluding diaryl/α,β-unsaturated/α-hetero) is 1. The molecular weight excluding hydrogens is 336 g/mol. The number of ether oxygens (including phenoxy) is 1. The molecule has 3 heteroatoms. The van der Waals surface area contributed by atoms with E-state index in [0.29, 0.717) is 36.2 Å². The fourth-order valence-corrected chi connectivity index (χ4v) is 8.41. The van der Waals surface area contributed by atoms with Gasteiger partial charge in [-0.05, 0) is 106 Å². The van der Waals surface area contributed by atoms with Crippen molar-refractivity contribution in [1.82, 2.24) is 0 Å². The maximum Gasteiger partial charge on any atom is 0.133 e. The van der Waals surface area contributed by atoms with Gasteiger partial charge < -0.3 is 9.84 Å². The molecule has 4 fully saturated rings. The molecule has 4 aliphatic carbocycles. The highest BCUT2D eigenvalue weighted by Crippen LogP contribution is 2.68. The average Bonchev–Trinajstić information content (AvgIpc) is 2.98. The van der Waals surface area contributed by atoms with Gasteiger partial charge in [-0.2, -0.15) is 0 Å². The number of fused-ring (bicyclic) bond motifs is 5. The van der Waals surface area contributed by atoms with Crippen molar-refractivity contribution < 1.29 is 14.6 Å². The molecule has 0 aliphatic heterocycles. The zero-order chi connectivity index (χ0) is 19.4. The Hall–Kier alpha value is -0.410. The third-order valence-electron chi connectivity index (χ3n) is 9.89. The molecule has 4 aliphatic rings. The van der Waals surface area contributed by atoms with Gasteiger partial charge in [0.1, 0.15) is 5.78 Å². The van der Waals surface area contributed by atoms with E-state index in [9.17, 15) is 9.90 Å². The first-order valence-electron chi connectivity index (χ1n) is 11.5. The zero-order valence-corrected chi connectivity index (χ0v) is 17.9. The molecule has 0 bridgehead atoms. The lowest BCUT2D eigenvalue weighted by atomic mass is 9.44. The lowest BCUT2D eigenvalue weighted by Gasteiger charge is -2.62. The second-order valence-electron chi connectivity index (χ2n) is 11.0. The van der Waals surface area contributed by atoms with Gasteiger partial charge in [0, 0.05) is 12.5 Å². The average molecular weight is 377 g/mol. The first-order valence-corrected chi connectivity index (χ1v) is 11.5. The predicted molar refractivity (Wildman–Crippen MR) is 107 cm³/mol. The minimum absolute atomic E-state index is 0.251. The molecular formula is C24H40O3. The third-order valence-corrected chi connectivity index (χ3v) is 9.89. The molecule has 3 nitrogen and oxygen atoms in total. The van der Waals surface area contributed by atoms with Crippen molar-refractivity contribution in [3.8, 4) is 0 Å². The smallest absolute Gasteiger partial charge is 0.133 e. The summed E-state index contributed by atoms with van der Waals surface area (Å²) in [5.41, 5.74) is 0.0147. The van der Waals surface area contributed by atoms with E-state index in [-0.39, 0.29) is 5.41 Å². The number of ketones is 1. The SMILES string of the molecule is CCOC[C@@]1(O)CC[C@]2(C)C3CC[C@@]4(C)C(CC[C@@H]4C(C)=O)C3CC[C@H]2C1. The summed E-state index contributed by atoms with van der Waals surface area (Å²) in [6.45, 7) is 10.00. The summed E-state index contributed by atoms with van der Waals surface area (Å²) in [7, 11) is 0. The molecule has 3 unspecified atom stereocenters. The summed E-state index contributed by atoms with van der Waals surface area (Å²) in [6.07, 6.45) is 10.4. The van der Waals surface area contributed by atoms with Gasteiger partial charge in [0.15, 0.2) is 0 Å². The van der Waals surface area contributed by atoms with Crippen molar-refractivity contribution >= 4 is 5.78 Å². The molecule has 0 spiro atoms.